The first-order chi connectivity index (χ1) is 13.8. The molecule has 7 nitrogen and oxygen atoms in total. The predicted octanol–water partition coefficient (Wildman–Crippen LogP) is 2.68. The maximum Gasteiger partial charge on any atom is 0.243 e. The fourth-order valence-electron chi connectivity index (χ4n) is 2.91. The highest BCUT2D eigenvalue weighted by Gasteiger charge is 2.24. The van der Waals surface area contributed by atoms with Crippen molar-refractivity contribution < 1.29 is 22.7 Å². The highest BCUT2D eigenvalue weighted by atomic mass is 32.2. The number of ether oxygens (including phenoxy) is 2. The Labute approximate surface area is 175 Å². The first-order valence-electron chi connectivity index (χ1n) is 9.10. The summed E-state index contributed by atoms with van der Waals surface area (Å²) < 4.78 is 37.5. The largest absolute Gasteiger partial charge is 0.486 e. The first-order valence-corrected chi connectivity index (χ1v) is 11.8. The maximum absolute atomic E-state index is 12.7. The van der Waals surface area contributed by atoms with Crippen LogP contribution in [-0.4, -0.2) is 51.7 Å². The molecule has 0 saturated carbocycles. The van der Waals surface area contributed by atoms with Crippen LogP contribution in [-0.2, 0) is 14.8 Å². The second-order valence-electron chi connectivity index (χ2n) is 6.63. The van der Waals surface area contributed by atoms with Crippen LogP contribution in [0.5, 0.6) is 11.5 Å². The molecule has 29 heavy (non-hydrogen) atoms. The van der Waals surface area contributed by atoms with Crippen LogP contribution < -0.4 is 14.8 Å². The number of fused-ring (bicyclic) bond motifs is 1. The van der Waals surface area contributed by atoms with Crippen LogP contribution in [0.1, 0.15) is 18.5 Å². The third kappa shape index (κ3) is 5.04. The van der Waals surface area contributed by atoms with Crippen LogP contribution in [0, 0.1) is 0 Å². The van der Waals surface area contributed by atoms with E-state index in [9.17, 15) is 13.2 Å². The Morgan fingerprint density at radius 3 is 2.45 bits per heavy atom. The molecule has 2 aromatic rings. The summed E-state index contributed by atoms with van der Waals surface area (Å²) in [5.74, 6) is 0.930. The quantitative estimate of drug-likeness (QED) is 0.672. The SMILES string of the molecule is CSc1ccc(S(=O)(=O)N(C)CC(=O)NC(C)c2ccc3c(c2)OCCO3)cc1. The molecule has 156 valence electrons. The van der Waals surface area contributed by atoms with Gasteiger partial charge in [-0.25, -0.2) is 8.42 Å². The lowest BCUT2D eigenvalue weighted by molar-refractivity contribution is -0.121. The smallest absolute Gasteiger partial charge is 0.243 e. The Morgan fingerprint density at radius 2 is 1.79 bits per heavy atom. The summed E-state index contributed by atoms with van der Waals surface area (Å²) in [5.41, 5.74) is 0.848. The van der Waals surface area contributed by atoms with Crippen LogP contribution in [0.25, 0.3) is 0 Å². The van der Waals surface area contributed by atoms with Gasteiger partial charge in [-0.15, -0.1) is 11.8 Å². The molecule has 3 rings (SSSR count). The molecule has 0 aromatic heterocycles. The van der Waals surface area contributed by atoms with Crippen molar-refractivity contribution in [2.45, 2.75) is 22.8 Å². The number of amides is 1. The van der Waals surface area contributed by atoms with Gasteiger partial charge in [0.15, 0.2) is 11.5 Å². The van der Waals surface area contributed by atoms with Gasteiger partial charge >= 0.3 is 0 Å². The van der Waals surface area contributed by atoms with Gasteiger partial charge in [-0.05, 0) is 55.1 Å². The Balaban J connectivity index is 1.63. The number of carbonyl (C=O) groups excluding carboxylic acids is 1. The van der Waals surface area contributed by atoms with E-state index in [-0.39, 0.29) is 23.4 Å². The van der Waals surface area contributed by atoms with Gasteiger partial charge in [-0.3, -0.25) is 4.79 Å². The number of hydrogen-bond acceptors (Lipinski definition) is 6. The predicted molar refractivity (Wildman–Crippen MR) is 112 cm³/mol. The van der Waals surface area contributed by atoms with Crippen molar-refractivity contribution in [1.29, 1.82) is 0 Å². The lowest BCUT2D eigenvalue weighted by atomic mass is 10.1. The van der Waals surface area contributed by atoms with Crippen LogP contribution in [0.4, 0.5) is 0 Å². The van der Waals surface area contributed by atoms with E-state index in [1.54, 1.807) is 30.3 Å². The van der Waals surface area contributed by atoms with Crippen molar-refractivity contribution in [2.24, 2.45) is 0 Å². The van der Waals surface area contributed by atoms with Crippen molar-refractivity contribution in [3.05, 3.63) is 48.0 Å². The summed E-state index contributed by atoms with van der Waals surface area (Å²) in [6.07, 6.45) is 1.92. The molecule has 1 aliphatic heterocycles. The topological polar surface area (TPSA) is 84.9 Å². The minimum Gasteiger partial charge on any atom is -0.486 e. The molecule has 0 bridgehead atoms. The number of nitrogens with one attached hydrogen (secondary N) is 1. The van der Waals surface area contributed by atoms with Gasteiger partial charge in [-0.2, -0.15) is 4.31 Å². The molecule has 1 N–H and O–H groups in total. The lowest BCUT2D eigenvalue weighted by Gasteiger charge is -2.22. The molecule has 0 fully saturated rings. The van der Waals surface area contributed by atoms with Crippen molar-refractivity contribution in [2.75, 3.05) is 33.1 Å². The number of likely N-dealkylation sites (N-methyl/N-ethyl adjacent to an activating group) is 1. The molecule has 2 aromatic carbocycles. The van der Waals surface area contributed by atoms with Gasteiger partial charge in [0.25, 0.3) is 0 Å². The van der Waals surface area contributed by atoms with Crippen LogP contribution in [0.15, 0.2) is 52.3 Å². The maximum atomic E-state index is 12.7. The average Bonchev–Trinajstić information content (AvgIpc) is 2.73. The minimum atomic E-state index is -3.74. The van der Waals surface area contributed by atoms with Crippen molar-refractivity contribution in [3.63, 3.8) is 0 Å². The Hall–Kier alpha value is -2.23. The van der Waals surface area contributed by atoms with Gasteiger partial charge in [0, 0.05) is 11.9 Å². The number of carbonyl (C=O) groups is 1. The Bertz CT molecular complexity index is 977. The fraction of sp³-hybridized carbons (Fsp3) is 0.350. The van der Waals surface area contributed by atoms with E-state index in [4.69, 9.17) is 9.47 Å². The zero-order valence-electron chi connectivity index (χ0n) is 16.5. The number of thioether (sulfide) groups is 1. The van der Waals surface area contributed by atoms with E-state index in [0.29, 0.717) is 24.7 Å². The summed E-state index contributed by atoms with van der Waals surface area (Å²) in [5, 5.41) is 2.83. The van der Waals surface area contributed by atoms with Crippen LogP contribution in [0.2, 0.25) is 0 Å². The minimum absolute atomic E-state index is 0.158. The van der Waals surface area contributed by atoms with Gasteiger partial charge in [0.1, 0.15) is 13.2 Å². The van der Waals surface area contributed by atoms with E-state index >= 15 is 0 Å². The number of hydrogen-bond donors (Lipinski definition) is 1. The van der Waals surface area contributed by atoms with Gasteiger partial charge < -0.3 is 14.8 Å². The van der Waals surface area contributed by atoms with Crippen molar-refractivity contribution in [1.82, 2.24) is 9.62 Å². The molecule has 0 aliphatic carbocycles. The third-order valence-electron chi connectivity index (χ3n) is 4.58. The molecular weight excluding hydrogens is 412 g/mol. The molecule has 1 aliphatic rings. The average molecular weight is 437 g/mol. The van der Waals surface area contributed by atoms with E-state index in [2.05, 4.69) is 5.32 Å². The Morgan fingerprint density at radius 1 is 1.14 bits per heavy atom. The molecule has 0 radical (unpaired) electrons. The van der Waals surface area contributed by atoms with Crippen LogP contribution in [0.3, 0.4) is 0 Å². The van der Waals surface area contributed by atoms with Crippen molar-refractivity contribution >= 4 is 27.7 Å². The van der Waals surface area contributed by atoms with Crippen LogP contribution >= 0.6 is 11.8 Å². The summed E-state index contributed by atoms with van der Waals surface area (Å²) in [6, 6.07) is 11.8. The lowest BCUT2D eigenvalue weighted by Crippen LogP contribution is -2.39. The Kier molecular flexibility index (Phi) is 6.71. The number of sulfonamides is 1. The molecule has 9 heteroatoms. The van der Waals surface area contributed by atoms with Crippen molar-refractivity contribution in [3.8, 4) is 11.5 Å². The molecule has 0 saturated heterocycles. The van der Waals surface area contributed by atoms with E-state index in [1.807, 2.05) is 25.3 Å². The zero-order chi connectivity index (χ0) is 21.0. The molecule has 1 amide bonds. The summed E-state index contributed by atoms with van der Waals surface area (Å²) in [7, 11) is -2.35. The summed E-state index contributed by atoms with van der Waals surface area (Å²) in [4.78, 5) is 13.6. The summed E-state index contributed by atoms with van der Waals surface area (Å²) in [6.45, 7) is 2.55. The third-order valence-corrected chi connectivity index (χ3v) is 7.14. The number of nitrogens with zero attached hydrogens (tertiary/aromatic N) is 1. The summed E-state index contributed by atoms with van der Waals surface area (Å²) >= 11 is 1.53. The molecular formula is C20H24N2O5S2. The second-order valence-corrected chi connectivity index (χ2v) is 9.55. The van der Waals surface area contributed by atoms with E-state index in [0.717, 1.165) is 14.8 Å². The second kappa shape index (κ2) is 9.06. The highest BCUT2D eigenvalue weighted by Crippen LogP contribution is 2.32. The standard InChI is InChI=1S/C20H24N2O5S2/c1-14(15-4-9-18-19(12-15)27-11-10-26-18)21-20(23)13-22(2)29(24,25)17-7-5-16(28-3)6-8-17/h4-9,12,14H,10-11,13H2,1-3H3,(H,21,23). The van der Waals surface area contributed by atoms with E-state index < -0.39 is 10.0 Å². The van der Waals surface area contributed by atoms with Gasteiger partial charge in [0.2, 0.25) is 15.9 Å². The van der Waals surface area contributed by atoms with Gasteiger partial charge in [0.05, 0.1) is 17.5 Å². The number of rotatable bonds is 7. The molecule has 0 spiro atoms. The normalized spacial score (nSPS) is 14.5. The first kappa shape index (κ1) is 21.5. The van der Waals surface area contributed by atoms with Gasteiger partial charge in [-0.1, -0.05) is 6.07 Å². The molecule has 1 atom stereocenters. The molecule has 1 heterocycles. The monoisotopic (exact) mass is 436 g/mol. The zero-order valence-corrected chi connectivity index (χ0v) is 18.2. The highest BCUT2D eigenvalue weighted by molar-refractivity contribution is 7.98. The number of benzene rings is 2. The van der Waals surface area contributed by atoms with E-state index in [1.165, 1.54) is 18.8 Å². The molecule has 1 unspecified atom stereocenters. The fourth-order valence-corrected chi connectivity index (χ4v) is 4.45.